The van der Waals surface area contributed by atoms with Gasteiger partial charge >= 0.3 is 0 Å². The topological polar surface area (TPSA) is 6.48 Å². The van der Waals surface area contributed by atoms with E-state index in [9.17, 15) is 0 Å². The van der Waals surface area contributed by atoms with Gasteiger partial charge in [0.2, 0.25) is 0 Å². The molecule has 4 rings (SSSR count). The van der Waals surface area contributed by atoms with Gasteiger partial charge in [-0.3, -0.25) is 0 Å². The Bertz CT molecular complexity index is 763. The summed E-state index contributed by atoms with van der Waals surface area (Å²) < 4.78 is 0. The molecule has 114 valence electrons. The molecule has 2 heteroatoms. The van der Waals surface area contributed by atoms with Gasteiger partial charge in [-0.15, -0.1) is 0 Å². The largest absolute Gasteiger partial charge is 0.341 e. The van der Waals surface area contributed by atoms with E-state index in [-0.39, 0.29) is 0 Å². The zero-order valence-corrected chi connectivity index (χ0v) is 13.3. The molecule has 0 fully saturated rings. The second kappa shape index (κ2) is 5.81. The summed E-state index contributed by atoms with van der Waals surface area (Å²) in [5.74, 6) is 0. The molecule has 0 unspecified atom stereocenters. The fourth-order valence-electron chi connectivity index (χ4n) is 3.34. The molecule has 1 aliphatic heterocycles. The maximum atomic E-state index is 2.44. The van der Waals surface area contributed by atoms with Crippen molar-refractivity contribution >= 4 is 22.7 Å². The van der Waals surface area contributed by atoms with Crippen LogP contribution in [0.25, 0.3) is 0 Å². The van der Waals surface area contributed by atoms with Crippen LogP contribution in [0.2, 0.25) is 0 Å². The van der Waals surface area contributed by atoms with E-state index >= 15 is 0 Å². The van der Waals surface area contributed by atoms with E-state index < -0.39 is 0 Å². The molecular weight excluding hydrogens is 280 g/mol. The maximum Gasteiger partial charge on any atom is 0.0652 e. The van der Waals surface area contributed by atoms with Crippen LogP contribution >= 0.6 is 0 Å². The van der Waals surface area contributed by atoms with Crippen LogP contribution in [0.3, 0.4) is 0 Å². The minimum absolute atomic E-state index is 0.978. The van der Waals surface area contributed by atoms with Crippen molar-refractivity contribution in [2.75, 3.05) is 23.4 Å². The molecule has 23 heavy (non-hydrogen) atoms. The molecule has 0 atom stereocenters. The Hall–Kier alpha value is -2.74. The highest BCUT2D eigenvalue weighted by Crippen LogP contribution is 2.46. The van der Waals surface area contributed by atoms with Crippen LogP contribution in [0.5, 0.6) is 0 Å². The second-order valence-electron chi connectivity index (χ2n) is 5.92. The van der Waals surface area contributed by atoms with Crippen LogP contribution in [0.15, 0.2) is 78.9 Å². The minimum Gasteiger partial charge on any atom is -0.341 e. The summed E-state index contributed by atoms with van der Waals surface area (Å²) in [5.41, 5.74) is 6.47. The summed E-state index contributed by atoms with van der Waals surface area (Å²) in [4.78, 5) is 4.72. The molecule has 0 saturated carbocycles. The number of nitrogens with zero attached hydrogens (tertiary/aromatic N) is 2. The lowest BCUT2D eigenvalue weighted by Gasteiger charge is -2.38. The van der Waals surface area contributed by atoms with E-state index in [0.717, 1.165) is 13.0 Å². The van der Waals surface area contributed by atoms with Crippen LogP contribution < -0.4 is 9.80 Å². The predicted molar refractivity (Wildman–Crippen MR) is 98.1 cm³/mol. The number of fused-ring (bicyclic) bond motifs is 2. The summed E-state index contributed by atoms with van der Waals surface area (Å²) in [6.45, 7) is 0.978. The Kier molecular flexibility index (Phi) is 3.51. The molecule has 1 heterocycles. The van der Waals surface area contributed by atoms with Crippen LogP contribution in [0, 0.1) is 0 Å². The number of benzene rings is 3. The summed E-state index contributed by atoms with van der Waals surface area (Å²) in [7, 11) is 2.15. The zero-order chi connectivity index (χ0) is 15.6. The van der Waals surface area contributed by atoms with Gasteiger partial charge in [0.1, 0.15) is 0 Å². The maximum absolute atomic E-state index is 2.44. The van der Waals surface area contributed by atoms with Gasteiger partial charge in [0.25, 0.3) is 0 Å². The summed E-state index contributed by atoms with van der Waals surface area (Å²) >= 11 is 0. The first-order chi connectivity index (χ1) is 11.3. The molecule has 2 nitrogen and oxygen atoms in total. The quantitative estimate of drug-likeness (QED) is 0.660. The lowest BCUT2D eigenvalue weighted by atomic mass is 10.1. The number of hydrogen-bond donors (Lipinski definition) is 0. The van der Waals surface area contributed by atoms with Crippen molar-refractivity contribution in [2.45, 2.75) is 6.42 Å². The van der Waals surface area contributed by atoms with Gasteiger partial charge in [-0.05, 0) is 36.2 Å². The standard InChI is InChI=1S/C21H20N2/c1-22-18-11-5-7-13-20(18)23(21-14-8-6-12-19(21)22)16-15-17-9-3-2-4-10-17/h2-14H,15-16H2,1H3. The van der Waals surface area contributed by atoms with Crippen molar-refractivity contribution < 1.29 is 0 Å². The molecule has 0 aliphatic carbocycles. The van der Waals surface area contributed by atoms with E-state index in [4.69, 9.17) is 0 Å². The number of anilines is 4. The van der Waals surface area contributed by atoms with Crippen LogP contribution in [-0.2, 0) is 6.42 Å². The highest BCUT2D eigenvalue weighted by molar-refractivity contribution is 5.92. The Morgan fingerprint density at radius 1 is 0.609 bits per heavy atom. The smallest absolute Gasteiger partial charge is 0.0652 e. The van der Waals surface area contributed by atoms with Gasteiger partial charge in [0.05, 0.1) is 22.7 Å². The minimum atomic E-state index is 0.978. The summed E-state index contributed by atoms with van der Waals surface area (Å²) in [6.07, 6.45) is 1.03. The Morgan fingerprint density at radius 2 is 1.09 bits per heavy atom. The zero-order valence-electron chi connectivity index (χ0n) is 13.3. The van der Waals surface area contributed by atoms with E-state index in [1.54, 1.807) is 0 Å². The van der Waals surface area contributed by atoms with Crippen molar-refractivity contribution in [3.8, 4) is 0 Å². The molecular formula is C21H20N2. The molecule has 0 amide bonds. The third-order valence-corrected chi connectivity index (χ3v) is 4.53. The van der Waals surface area contributed by atoms with Crippen molar-refractivity contribution in [1.29, 1.82) is 0 Å². The lowest BCUT2D eigenvalue weighted by molar-refractivity contribution is 0.900. The van der Waals surface area contributed by atoms with Gasteiger partial charge in [-0.2, -0.15) is 0 Å². The number of rotatable bonds is 3. The van der Waals surface area contributed by atoms with Gasteiger partial charge in [0, 0.05) is 13.6 Å². The molecule has 3 aromatic rings. The molecule has 1 aliphatic rings. The first kappa shape index (κ1) is 13.9. The van der Waals surface area contributed by atoms with Crippen LogP contribution in [0.4, 0.5) is 22.7 Å². The van der Waals surface area contributed by atoms with Crippen molar-refractivity contribution in [3.63, 3.8) is 0 Å². The average molecular weight is 300 g/mol. The highest BCUT2D eigenvalue weighted by atomic mass is 15.3. The van der Waals surface area contributed by atoms with Crippen LogP contribution in [0.1, 0.15) is 5.56 Å². The SMILES string of the molecule is CN1c2ccccc2N(CCc2ccccc2)c2ccccc21. The predicted octanol–water partition coefficient (Wildman–Crippen LogP) is 5.15. The molecule has 0 N–H and O–H groups in total. The van der Waals surface area contributed by atoms with E-state index in [0.29, 0.717) is 0 Å². The normalized spacial score (nSPS) is 12.7. The second-order valence-corrected chi connectivity index (χ2v) is 5.92. The highest BCUT2D eigenvalue weighted by Gasteiger charge is 2.25. The molecule has 0 saturated heterocycles. The molecule has 0 bridgehead atoms. The fourth-order valence-corrected chi connectivity index (χ4v) is 3.34. The van der Waals surface area contributed by atoms with Gasteiger partial charge in [0.15, 0.2) is 0 Å². The summed E-state index contributed by atoms with van der Waals surface area (Å²) in [6, 6.07) is 28.0. The number of para-hydroxylation sites is 4. The van der Waals surface area contributed by atoms with Crippen LogP contribution in [-0.4, -0.2) is 13.6 Å². The Balaban J connectivity index is 1.72. The summed E-state index contributed by atoms with van der Waals surface area (Å²) in [5, 5.41) is 0. The molecule has 0 radical (unpaired) electrons. The molecule has 0 aromatic heterocycles. The van der Waals surface area contributed by atoms with Crippen molar-refractivity contribution in [2.24, 2.45) is 0 Å². The Morgan fingerprint density at radius 3 is 1.65 bits per heavy atom. The van der Waals surface area contributed by atoms with Gasteiger partial charge in [-0.25, -0.2) is 0 Å². The fraction of sp³-hybridized carbons (Fsp3) is 0.143. The van der Waals surface area contributed by atoms with E-state index in [1.807, 2.05) is 0 Å². The van der Waals surface area contributed by atoms with E-state index in [1.165, 1.54) is 28.3 Å². The molecule has 3 aromatic carbocycles. The first-order valence-electron chi connectivity index (χ1n) is 8.08. The van der Waals surface area contributed by atoms with E-state index in [2.05, 4.69) is 95.7 Å². The molecule has 0 spiro atoms. The third kappa shape index (κ3) is 2.46. The van der Waals surface area contributed by atoms with Gasteiger partial charge < -0.3 is 9.80 Å². The van der Waals surface area contributed by atoms with Crippen molar-refractivity contribution in [1.82, 2.24) is 0 Å². The van der Waals surface area contributed by atoms with Gasteiger partial charge in [-0.1, -0.05) is 54.6 Å². The monoisotopic (exact) mass is 300 g/mol. The first-order valence-corrected chi connectivity index (χ1v) is 8.08. The van der Waals surface area contributed by atoms with Crippen molar-refractivity contribution in [3.05, 3.63) is 84.4 Å². The number of hydrogen-bond acceptors (Lipinski definition) is 2. The lowest BCUT2D eigenvalue weighted by Crippen LogP contribution is -2.28. The third-order valence-electron chi connectivity index (χ3n) is 4.53. The average Bonchev–Trinajstić information content (AvgIpc) is 2.63. The Labute approximate surface area is 137 Å².